The largest absolute Gasteiger partial charge is 0.311 e. The van der Waals surface area contributed by atoms with Crippen LogP contribution in [-0.4, -0.2) is 31.1 Å². The van der Waals surface area contributed by atoms with Crippen LogP contribution in [0, 0.1) is 0 Å². The quantitative estimate of drug-likeness (QED) is 0.895. The van der Waals surface area contributed by atoms with Gasteiger partial charge < -0.3 is 10.2 Å². The van der Waals surface area contributed by atoms with Crippen LogP contribution in [0.3, 0.4) is 0 Å². The van der Waals surface area contributed by atoms with Crippen LogP contribution in [0.4, 0.5) is 0 Å². The molecule has 90 valence electrons. The monoisotopic (exact) mass is 284 g/mol. The summed E-state index contributed by atoms with van der Waals surface area (Å²) >= 11 is 3.44. The van der Waals surface area contributed by atoms with E-state index in [0.717, 1.165) is 17.6 Å². The second-order valence-corrected chi connectivity index (χ2v) is 5.85. The first-order valence-corrected chi connectivity index (χ1v) is 6.34. The van der Waals surface area contributed by atoms with E-state index in [2.05, 4.69) is 78.4 Å². The van der Waals surface area contributed by atoms with Gasteiger partial charge in [0.15, 0.2) is 0 Å². The Balaban J connectivity index is 2.39. The fraction of sp³-hybridized carbons (Fsp3) is 0.538. The van der Waals surface area contributed by atoms with E-state index in [4.69, 9.17) is 0 Å². The van der Waals surface area contributed by atoms with Crippen molar-refractivity contribution in [3.63, 3.8) is 0 Å². The molecule has 0 fully saturated rings. The second-order valence-electron chi connectivity index (χ2n) is 4.94. The van der Waals surface area contributed by atoms with Gasteiger partial charge in [-0.1, -0.05) is 28.1 Å². The van der Waals surface area contributed by atoms with Crippen molar-refractivity contribution in [1.29, 1.82) is 0 Å². The molecule has 0 unspecified atom stereocenters. The lowest BCUT2D eigenvalue weighted by Gasteiger charge is -2.32. The predicted molar refractivity (Wildman–Crippen MR) is 73.6 cm³/mol. The van der Waals surface area contributed by atoms with Gasteiger partial charge in [0, 0.05) is 23.1 Å². The number of nitrogens with one attached hydrogen (secondary N) is 1. The maximum Gasteiger partial charge on any atom is 0.0271 e. The van der Waals surface area contributed by atoms with Crippen molar-refractivity contribution in [1.82, 2.24) is 10.2 Å². The van der Waals surface area contributed by atoms with Crippen molar-refractivity contribution in [2.75, 3.05) is 20.6 Å². The van der Waals surface area contributed by atoms with Gasteiger partial charge in [-0.3, -0.25) is 0 Å². The van der Waals surface area contributed by atoms with Crippen LogP contribution >= 0.6 is 15.9 Å². The van der Waals surface area contributed by atoms with Gasteiger partial charge in [0.2, 0.25) is 0 Å². The molecule has 0 saturated heterocycles. The van der Waals surface area contributed by atoms with Gasteiger partial charge in [-0.25, -0.2) is 0 Å². The molecule has 0 radical (unpaired) electrons. The molecule has 1 N–H and O–H groups in total. The maximum absolute atomic E-state index is 3.49. The van der Waals surface area contributed by atoms with Crippen molar-refractivity contribution in [3.05, 3.63) is 34.3 Å². The number of halogens is 1. The molecule has 0 atom stereocenters. The third-order valence-corrected chi connectivity index (χ3v) is 3.54. The van der Waals surface area contributed by atoms with Crippen LogP contribution < -0.4 is 5.32 Å². The Hall–Kier alpha value is -0.380. The topological polar surface area (TPSA) is 15.3 Å². The Morgan fingerprint density at radius 3 is 2.25 bits per heavy atom. The third-order valence-electron chi connectivity index (χ3n) is 3.01. The molecular weight excluding hydrogens is 264 g/mol. The van der Waals surface area contributed by atoms with Gasteiger partial charge in [-0.05, 0) is 45.6 Å². The molecule has 0 aliphatic heterocycles. The smallest absolute Gasteiger partial charge is 0.0271 e. The summed E-state index contributed by atoms with van der Waals surface area (Å²) in [6.07, 6.45) is 0. The molecule has 0 aliphatic rings. The predicted octanol–water partition coefficient (Wildman–Crippen LogP) is 2.88. The zero-order valence-corrected chi connectivity index (χ0v) is 12.1. The Bertz CT molecular complexity index is 317. The Labute approximate surface area is 107 Å². The summed E-state index contributed by atoms with van der Waals surface area (Å²) in [5.74, 6) is 0. The average Bonchev–Trinajstić information content (AvgIpc) is 2.20. The number of likely N-dealkylation sites (N-methyl/N-ethyl adjacent to an activating group) is 1. The molecular formula is C13H21BrN2. The lowest BCUT2D eigenvalue weighted by atomic mass is 10.0. The van der Waals surface area contributed by atoms with Crippen molar-refractivity contribution in [3.8, 4) is 0 Å². The summed E-state index contributed by atoms with van der Waals surface area (Å²) in [5.41, 5.74) is 1.51. The van der Waals surface area contributed by atoms with E-state index in [-0.39, 0.29) is 5.54 Å². The molecule has 0 saturated carbocycles. The molecule has 2 nitrogen and oxygen atoms in total. The first-order valence-electron chi connectivity index (χ1n) is 5.54. The minimum atomic E-state index is 0.190. The minimum absolute atomic E-state index is 0.190. The van der Waals surface area contributed by atoms with Crippen LogP contribution in [0.25, 0.3) is 0 Å². The fourth-order valence-electron chi connectivity index (χ4n) is 1.27. The molecule has 1 aromatic rings. The minimum Gasteiger partial charge on any atom is -0.311 e. The molecule has 0 aromatic heterocycles. The summed E-state index contributed by atoms with van der Waals surface area (Å²) in [7, 11) is 4.22. The zero-order valence-electron chi connectivity index (χ0n) is 10.5. The van der Waals surface area contributed by atoms with Crippen molar-refractivity contribution >= 4 is 15.9 Å². The highest BCUT2D eigenvalue weighted by atomic mass is 79.9. The van der Waals surface area contributed by atoms with Crippen LogP contribution in [0.2, 0.25) is 0 Å². The molecule has 16 heavy (non-hydrogen) atoms. The number of nitrogens with zero attached hydrogens (tertiary/aromatic N) is 1. The number of hydrogen-bond donors (Lipinski definition) is 1. The first kappa shape index (κ1) is 13.7. The van der Waals surface area contributed by atoms with Gasteiger partial charge >= 0.3 is 0 Å². The van der Waals surface area contributed by atoms with Crippen molar-refractivity contribution < 1.29 is 0 Å². The summed E-state index contributed by atoms with van der Waals surface area (Å²) < 4.78 is 1.13. The fourth-order valence-corrected chi connectivity index (χ4v) is 1.54. The first-order chi connectivity index (χ1) is 7.42. The van der Waals surface area contributed by atoms with E-state index in [1.54, 1.807) is 0 Å². The molecule has 0 aliphatic carbocycles. The molecule has 0 amide bonds. The highest BCUT2D eigenvalue weighted by Gasteiger charge is 2.19. The van der Waals surface area contributed by atoms with Crippen molar-refractivity contribution in [2.24, 2.45) is 0 Å². The lowest BCUT2D eigenvalue weighted by Crippen LogP contribution is -2.46. The Kier molecular flexibility index (Phi) is 4.96. The normalized spacial score (nSPS) is 12.1. The van der Waals surface area contributed by atoms with Gasteiger partial charge in [-0.2, -0.15) is 0 Å². The second kappa shape index (κ2) is 5.80. The summed E-state index contributed by atoms with van der Waals surface area (Å²) in [6, 6.07) is 8.43. The number of benzene rings is 1. The summed E-state index contributed by atoms with van der Waals surface area (Å²) in [5, 5.41) is 3.49. The van der Waals surface area contributed by atoms with Crippen LogP contribution in [0.15, 0.2) is 28.7 Å². The van der Waals surface area contributed by atoms with Gasteiger partial charge in [0.05, 0.1) is 0 Å². The SMILES string of the molecule is CN(C)C(C)(C)CNCc1ccc(Br)cc1. The molecule has 1 rings (SSSR count). The van der Waals surface area contributed by atoms with Crippen LogP contribution in [-0.2, 0) is 6.54 Å². The highest BCUT2D eigenvalue weighted by Crippen LogP contribution is 2.11. The molecule has 0 heterocycles. The van der Waals surface area contributed by atoms with E-state index in [9.17, 15) is 0 Å². The third kappa shape index (κ3) is 4.24. The molecule has 1 aromatic carbocycles. The van der Waals surface area contributed by atoms with Crippen LogP contribution in [0.1, 0.15) is 19.4 Å². The van der Waals surface area contributed by atoms with Gasteiger partial charge in [-0.15, -0.1) is 0 Å². The van der Waals surface area contributed by atoms with E-state index < -0.39 is 0 Å². The Morgan fingerprint density at radius 1 is 1.19 bits per heavy atom. The average molecular weight is 285 g/mol. The zero-order chi connectivity index (χ0) is 12.2. The van der Waals surface area contributed by atoms with Gasteiger partial charge in [0.1, 0.15) is 0 Å². The number of hydrogen-bond acceptors (Lipinski definition) is 2. The lowest BCUT2D eigenvalue weighted by molar-refractivity contribution is 0.190. The summed E-state index contributed by atoms with van der Waals surface area (Å²) in [4.78, 5) is 2.24. The van der Waals surface area contributed by atoms with E-state index >= 15 is 0 Å². The number of rotatable bonds is 5. The molecule has 0 bridgehead atoms. The molecule has 3 heteroatoms. The van der Waals surface area contributed by atoms with Gasteiger partial charge in [0.25, 0.3) is 0 Å². The maximum atomic E-state index is 3.49. The van der Waals surface area contributed by atoms with Crippen molar-refractivity contribution in [2.45, 2.75) is 25.9 Å². The summed E-state index contributed by atoms with van der Waals surface area (Å²) in [6.45, 7) is 6.38. The Morgan fingerprint density at radius 2 is 1.75 bits per heavy atom. The van der Waals surface area contributed by atoms with E-state index in [1.807, 2.05) is 0 Å². The standard InChI is InChI=1S/C13H21BrN2/c1-13(2,16(3)4)10-15-9-11-5-7-12(14)8-6-11/h5-8,15H,9-10H2,1-4H3. The highest BCUT2D eigenvalue weighted by molar-refractivity contribution is 9.10. The van der Waals surface area contributed by atoms with E-state index in [1.165, 1.54) is 5.56 Å². The van der Waals surface area contributed by atoms with E-state index in [0.29, 0.717) is 0 Å². The van der Waals surface area contributed by atoms with Crippen LogP contribution in [0.5, 0.6) is 0 Å². The molecule has 0 spiro atoms.